The molecule has 1 amide bonds. The first-order chi connectivity index (χ1) is 15.9. The second-order valence-electron chi connectivity index (χ2n) is 7.40. The Morgan fingerprint density at radius 3 is 2.70 bits per heavy atom. The van der Waals surface area contributed by atoms with Gasteiger partial charge in [-0.05, 0) is 23.8 Å². The highest BCUT2D eigenvalue weighted by Crippen LogP contribution is 2.26. The number of carbonyl (C=O) groups is 1. The Labute approximate surface area is 186 Å². The molecule has 2 unspecified atom stereocenters. The number of ether oxygens (including phenoxy) is 2. The van der Waals surface area contributed by atoms with Gasteiger partial charge in [0.1, 0.15) is 30.0 Å². The predicted octanol–water partition coefficient (Wildman–Crippen LogP) is -1.80. The minimum absolute atomic E-state index is 0.0150. The number of aromatic nitrogens is 3. The Morgan fingerprint density at radius 1 is 1.15 bits per heavy atom. The highest BCUT2D eigenvalue weighted by atomic mass is 16.7. The topological polar surface area (TPSA) is 176 Å². The molecule has 1 aliphatic heterocycles. The molecule has 1 aliphatic rings. The monoisotopic (exact) mass is 458 g/mol. The first kappa shape index (κ1) is 22.8. The zero-order valence-corrected chi connectivity index (χ0v) is 17.2. The van der Waals surface area contributed by atoms with Gasteiger partial charge in [-0.1, -0.05) is 6.07 Å². The van der Waals surface area contributed by atoms with E-state index >= 15 is 0 Å². The minimum atomic E-state index is -1.63. The van der Waals surface area contributed by atoms with Crippen molar-refractivity contribution in [1.82, 2.24) is 19.7 Å². The van der Waals surface area contributed by atoms with E-state index in [9.17, 15) is 30.0 Å². The average Bonchev–Trinajstić information content (AvgIpc) is 2.84. The van der Waals surface area contributed by atoms with E-state index in [0.717, 1.165) is 16.2 Å². The van der Waals surface area contributed by atoms with E-state index < -0.39 is 48.8 Å². The molecule has 0 spiro atoms. The summed E-state index contributed by atoms with van der Waals surface area (Å²) in [7, 11) is 0. The summed E-state index contributed by atoms with van der Waals surface area (Å²) in [6, 6.07) is 6.42. The van der Waals surface area contributed by atoms with Crippen LogP contribution in [0.4, 0.5) is 0 Å². The van der Waals surface area contributed by atoms with Gasteiger partial charge in [0, 0.05) is 31.3 Å². The molecule has 3 aromatic heterocycles. The Bertz CT molecular complexity index is 1190. The number of hydrogen-bond acceptors (Lipinski definition) is 10. The third kappa shape index (κ3) is 4.55. The molecule has 4 heterocycles. The molecule has 0 aromatic carbocycles. The summed E-state index contributed by atoms with van der Waals surface area (Å²) >= 11 is 0. The first-order valence-corrected chi connectivity index (χ1v) is 10.1. The van der Waals surface area contributed by atoms with Crippen LogP contribution in [0.1, 0.15) is 15.9 Å². The van der Waals surface area contributed by atoms with Crippen molar-refractivity contribution in [3.05, 3.63) is 70.5 Å². The zero-order valence-electron chi connectivity index (χ0n) is 17.2. The number of nitrogens with zero attached hydrogens (tertiary/aromatic N) is 3. The van der Waals surface area contributed by atoms with Crippen LogP contribution in [0.15, 0.2) is 53.8 Å². The smallest absolute Gasteiger partial charge is 0.270 e. The average molecular weight is 458 g/mol. The van der Waals surface area contributed by atoms with Crippen molar-refractivity contribution < 1.29 is 34.7 Å². The number of fused-ring (bicyclic) bond motifs is 1. The van der Waals surface area contributed by atoms with Gasteiger partial charge in [0.05, 0.1) is 6.61 Å². The maximum atomic E-state index is 12.9. The number of rotatable bonds is 6. The van der Waals surface area contributed by atoms with Crippen LogP contribution < -0.4 is 15.6 Å². The molecule has 5 atom stereocenters. The Balaban J connectivity index is 1.57. The standard InChI is InChI=1S/C21H22N4O8/c26-10-14-15(27)16(28)17(29)21(33-14)32-13-4-2-6-25-18(13)23-9-12(20(25)31)19(30)24-8-11-3-1-5-22-7-11/h1-7,9,14-17,21,26-29H,8,10H2,(H,24,30)/t14?,15-,16?,17+,21-/m1/s1. The molecular formula is C21H22N4O8. The normalized spacial score (nSPS) is 25.0. The third-order valence-corrected chi connectivity index (χ3v) is 5.21. The van der Waals surface area contributed by atoms with Gasteiger partial charge in [-0.2, -0.15) is 0 Å². The summed E-state index contributed by atoms with van der Waals surface area (Å²) in [6.07, 6.45) is -1.71. The van der Waals surface area contributed by atoms with Crippen molar-refractivity contribution in [1.29, 1.82) is 0 Å². The van der Waals surface area contributed by atoms with E-state index in [0.29, 0.717) is 0 Å². The van der Waals surface area contributed by atoms with Crippen molar-refractivity contribution in [2.75, 3.05) is 6.61 Å². The second-order valence-corrected chi connectivity index (χ2v) is 7.40. The summed E-state index contributed by atoms with van der Waals surface area (Å²) in [5.41, 5.74) is -0.0532. The van der Waals surface area contributed by atoms with Gasteiger partial charge < -0.3 is 35.2 Å². The Hall–Kier alpha value is -3.42. The van der Waals surface area contributed by atoms with E-state index in [1.54, 1.807) is 24.5 Å². The number of amides is 1. The molecule has 1 fully saturated rings. The zero-order chi connectivity index (χ0) is 23.5. The van der Waals surface area contributed by atoms with Gasteiger partial charge in [-0.15, -0.1) is 0 Å². The molecular weight excluding hydrogens is 436 g/mol. The van der Waals surface area contributed by atoms with Crippen molar-refractivity contribution >= 4 is 11.6 Å². The quantitative estimate of drug-likeness (QED) is 0.283. The van der Waals surface area contributed by atoms with Crippen LogP contribution in [0.2, 0.25) is 0 Å². The molecule has 0 radical (unpaired) electrons. The summed E-state index contributed by atoms with van der Waals surface area (Å²) < 4.78 is 12.0. The summed E-state index contributed by atoms with van der Waals surface area (Å²) in [5, 5.41) is 42.0. The van der Waals surface area contributed by atoms with E-state index in [1.165, 1.54) is 18.3 Å². The van der Waals surface area contributed by atoms with Crippen molar-refractivity contribution in [3.8, 4) is 5.75 Å². The van der Waals surface area contributed by atoms with Gasteiger partial charge in [0.25, 0.3) is 11.5 Å². The lowest BCUT2D eigenvalue weighted by Gasteiger charge is -2.39. The van der Waals surface area contributed by atoms with Crippen LogP contribution in [0.3, 0.4) is 0 Å². The SMILES string of the molecule is O=C(NCc1cccnc1)c1cnc2c(O[C@@H]3OC(CO)[C@@H](O)C(O)[C@@H]3O)cccn2c1=O. The molecule has 12 heteroatoms. The highest BCUT2D eigenvalue weighted by Gasteiger charge is 2.44. The van der Waals surface area contributed by atoms with Crippen LogP contribution in [0.5, 0.6) is 5.75 Å². The summed E-state index contributed by atoms with van der Waals surface area (Å²) in [6.45, 7) is -0.440. The Kier molecular flexibility index (Phi) is 6.62. The fourth-order valence-electron chi connectivity index (χ4n) is 3.40. The van der Waals surface area contributed by atoms with Crippen LogP contribution in [-0.4, -0.2) is 78.0 Å². The highest BCUT2D eigenvalue weighted by molar-refractivity contribution is 5.93. The molecule has 33 heavy (non-hydrogen) atoms. The van der Waals surface area contributed by atoms with E-state index in [1.807, 2.05) is 0 Å². The molecule has 1 saturated heterocycles. The van der Waals surface area contributed by atoms with Crippen LogP contribution >= 0.6 is 0 Å². The number of hydrogen-bond donors (Lipinski definition) is 5. The first-order valence-electron chi connectivity index (χ1n) is 10.1. The predicted molar refractivity (Wildman–Crippen MR) is 111 cm³/mol. The molecule has 12 nitrogen and oxygen atoms in total. The van der Waals surface area contributed by atoms with E-state index in [2.05, 4.69) is 15.3 Å². The van der Waals surface area contributed by atoms with Gasteiger partial charge in [-0.3, -0.25) is 19.0 Å². The molecule has 0 aliphatic carbocycles. The van der Waals surface area contributed by atoms with Crippen molar-refractivity contribution in [2.24, 2.45) is 0 Å². The number of nitrogens with one attached hydrogen (secondary N) is 1. The lowest BCUT2D eigenvalue weighted by Crippen LogP contribution is -2.60. The lowest BCUT2D eigenvalue weighted by molar-refractivity contribution is -0.277. The molecule has 5 N–H and O–H groups in total. The molecule has 0 saturated carbocycles. The summed E-state index contributed by atoms with van der Waals surface area (Å²) in [4.78, 5) is 33.5. The van der Waals surface area contributed by atoms with Crippen molar-refractivity contribution in [2.45, 2.75) is 37.3 Å². The van der Waals surface area contributed by atoms with Crippen LogP contribution in [-0.2, 0) is 11.3 Å². The molecule has 174 valence electrons. The molecule has 0 bridgehead atoms. The fourth-order valence-corrected chi connectivity index (χ4v) is 3.40. The largest absolute Gasteiger partial charge is 0.458 e. The van der Waals surface area contributed by atoms with Gasteiger partial charge >= 0.3 is 0 Å². The Morgan fingerprint density at radius 2 is 1.97 bits per heavy atom. The second kappa shape index (κ2) is 9.60. The fraction of sp³-hybridized carbons (Fsp3) is 0.333. The van der Waals surface area contributed by atoms with Crippen LogP contribution in [0, 0.1) is 0 Å². The summed E-state index contributed by atoms with van der Waals surface area (Å²) in [5.74, 6) is -0.604. The van der Waals surface area contributed by atoms with Crippen LogP contribution in [0.25, 0.3) is 5.65 Å². The molecule has 4 rings (SSSR count). The van der Waals surface area contributed by atoms with Gasteiger partial charge in [0.15, 0.2) is 11.4 Å². The molecule has 3 aromatic rings. The van der Waals surface area contributed by atoms with Crippen molar-refractivity contribution in [3.63, 3.8) is 0 Å². The van der Waals surface area contributed by atoms with Gasteiger partial charge in [-0.25, -0.2) is 4.98 Å². The number of aliphatic hydroxyl groups excluding tert-OH is 4. The minimum Gasteiger partial charge on any atom is -0.458 e. The lowest BCUT2D eigenvalue weighted by atomic mass is 9.99. The van der Waals surface area contributed by atoms with E-state index in [4.69, 9.17) is 9.47 Å². The maximum absolute atomic E-state index is 12.9. The number of pyridine rings is 2. The van der Waals surface area contributed by atoms with Gasteiger partial charge in [0.2, 0.25) is 6.29 Å². The maximum Gasteiger partial charge on any atom is 0.270 e. The number of aliphatic hydroxyl groups is 4. The van der Waals surface area contributed by atoms with E-state index in [-0.39, 0.29) is 23.5 Å². The third-order valence-electron chi connectivity index (χ3n) is 5.21. The number of carbonyl (C=O) groups excluding carboxylic acids is 1.